The molecule has 3 fully saturated rings. The Balaban J connectivity index is 1.51. The van der Waals surface area contributed by atoms with Gasteiger partial charge in [0, 0.05) is 24.6 Å². The van der Waals surface area contributed by atoms with Crippen LogP contribution in [0.4, 0.5) is 0 Å². The third-order valence-corrected chi connectivity index (χ3v) is 5.57. The predicted octanol–water partition coefficient (Wildman–Crippen LogP) is 2.71. The van der Waals surface area contributed by atoms with E-state index in [2.05, 4.69) is 5.32 Å². The Kier molecular flexibility index (Phi) is 3.45. The van der Waals surface area contributed by atoms with Crippen LogP contribution in [0.1, 0.15) is 57.8 Å². The molecule has 3 atom stereocenters. The van der Waals surface area contributed by atoms with E-state index in [1.807, 2.05) is 0 Å². The highest BCUT2D eigenvalue weighted by Crippen LogP contribution is 2.49. The molecule has 17 heavy (non-hydrogen) atoms. The van der Waals surface area contributed by atoms with Gasteiger partial charge in [-0.05, 0) is 37.5 Å². The third-order valence-electron chi connectivity index (χ3n) is 5.57. The zero-order valence-corrected chi connectivity index (χ0v) is 11.0. The zero-order valence-electron chi connectivity index (χ0n) is 11.0. The fourth-order valence-corrected chi connectivity index (χ4v) is 4.20. The summed E-state index contributed by atoms with van der Waals surface area (Å²) in [6, 6.07) is 0.777. The van der Waals surface area contributed by atoms with Crippen LogP contribution >= 0.6 is 0 Å². The first-order valence-corrected chi connectivity index (χ1v) is 7.67. The highest BCUT2D eigenvalue weighted by Gasteiger charge is 2.45. The summed E-state index contributed by atoms with van der Waals surface area (Å²) in [5.74, 6) is 2.04. The van der Waals surface area contributed by atoms with Crippen LogP contribution in [0.2, 0.25) is 0 Å². The molecule has 3 aliphatic carbocycles. The van der Waals surface area contributed by atoms with Crippen LogP contribution in [0.5, 0.6) is 0 Å². The average molecular weight is 237 g/mol. The summed E-state index contributed by atoms with van der Waals surface area (Å²) >= 11 is 0. The van der Waals surface area contributed by atoms with Crippen molar-refractivity contribution in [1.29, 1.82) is 0 Å². The van der Waals surface area contributed by atoms with Crippen molar-refractivity contribution in [3.05, 3.63) is 0 Å². The molecule has 1 unspecified atom stereocenters. The Morgan fingerprint density at radius 2 is 1.88 bits per heavy atom. The minimum atomic E-state index is 0.222. The maximum atomic E-state index is 9.71. The third kappa shape index (κ3) is 2.53. The molecule has 3 rings (SSSR count). The maximum Gasteiger partial charge on any atom is 0.0499 e. The summed E-state index contributed by atoms with van der Waals surface area (Å²) in [7, 11) is 0. The van der Waals surface area contributed by atoms with Crippen molar-refractivity contribution in [2.24, 2.45) is 17.3 Å². The molecule has 0 aromatic carbocycles. The molecule has 0 aromatic rings. The van der Waals surface area contributed by atoms with Crippen LogP contribution in [-0.2, 0) is 0 Å². The van der Waals surface area contributed by atoms with Crippen molar-refractivity contribution in [3.63, 3.8) is 0 Å². The lowest BCUT2D eigenvalue weighted by Crippen LogP contribution is -2.44. The summed E-state index contributed by atoms with van der Waals surface area (Å²) in [4.78, 5) is 0. The van der Waals surface area contributed by atoms with Crippen LogP contribution in [0.25, 0.3) is 0 Å². The molecular weight excluding hydrogens is 210 g/mol. The lowest BCUT2D eigenvalue weighted by molar-refractivity contribution is 0.0759. The monoisotopic (exact) mass is 237 g/mol. The molecule has 0 aliphatic heterocycles. The Bertz CT molecular complexity index is 260. The second kappa shape index (κ2) is 4.89. The Morgan fingerprint density at radius 1 is 1.06 bits per heavy atom. The van der Waals surface area contributed by atoms with Gasteiger partial charge in [-0.15, -0.1) is 0 Å². The minimum absolute atomic E-state index is 0.222. The van der Waals surface area contributed by atoms with Gasteiger partial charge in [-0.3, -0.25) is 0 Å². The smallest absolute Gasteiger partial charge is 0.0499 e. The highest BCUT2D eigenvalue weighted by atomic mass is 16.3. The predicted molar refractivity (Wildman–Crippen MR) is 69.8 cm³/mol. The lowest BCUT2D eigenvalue weighted by Gasteiger charge is -2.37. The van der Waals surface area contributed by atoms with Gasteiger partial charge in [-0.1, -0.05) is 32.1 Å². The minimum Gasteiger partial charge on any atom is -0.396 e. The molecule has 0 aromatic heterocycles. The Hall–Kier alpha value is -0.0800. The number of fused-ring (bicyclic) bond motifs is 1. The number of aliphatic hydroxyl groups is 1. The first-order chi connectivity index (χ1) is 8.33. The molecule has 98 valence electrons. The topological polar surface area (TPSA) is 32.3 Å². The van der Waals surface area contributed by atoms with Crippen LogP contribution in [0.3, 0.4) is 0 Å². The van der Waals surface area contributed by atoms with Gasteiger partial charge < -0.3 is 10.4 Å². The van der Waals surface area contributed by atoms with Crippen LogP contribution in [-0.4, -0.2) is 24.3 Å². The first kappa shape index (κ1) is 12.0. The Morgan fingerprint density at radius 3 is 2.65 bits per heavy atom. The van der Waals surface area contributed by atoms with Gasteiger partial charge in [-0.2, -0.15) is 0 Å². The van der Waals surface area contributed by atoms with Gasteiger partial charge in [0.05, 0.1) is 0 Å². The summed E-state index contributed by atoms with van der Waals surface area (Å²) in [6.45, 7) is 1.46. The lowest BCUT2D eigenvalue weighted by atomic mass is 9.74. The van der Waals surface area contributed by atoms with E-state index in [-0.39, 0.29) is 5.41 Å². The number of hydrogen-bond acceptors (Lipinski definition) is 2. The van der Waals surface area contributed by atoms with Gasteiger partial charge in [0.15, 0.2) is 0 Å². The molecule has 0 heterocycles. The SMILES string of the molecule is OCC1(CNC2CCC[C@H]3C[C@@H]23)CCCCC1. The molecule has 3 saturated carbocycles. The van der Waals surface area contributed by atoms with Gasteiger partial charge in [0.25, 0.3) is 0 Å². The van der Waals surface area contributed by atoms with Gasteiger partial charge in [0.1, 0.15) is 0 Å². The standard InChI is InChI=1S/C15H27NO/c17-11-15(7-2-1-3-8-15)10-16-14-6-4-5-12-9-13(12)14/h12-14,16-17H,1-11H2/t12-,13+,14?/m0/s1. The molecule has 3 aliphatic rings. The first-order valence-electron chi connectivity index (χ1n) is 7.67. The molecule has 0 bridgehead atoms. The van der Waals surface area contributed by atoms with Crippen molar-refractivity contribution in [3.8, 4) is 0 Å². The summed E-state index contributed by atoms with van der Waals surface area (Å²) in [6.07, 6.45) is 12.2. The maximum absolute atomic E-state index is 9.71. The Labute approximate surface area is 105 Å². The van der Waals surface area contributed by atoms with Gasteiger partial charge in [0.2, 0.25) is 0 Å². The summed E-state index contributed by atoms with van der Waals surface area (Å²) in [5.41, 5.74) is 0.222. The van der Waals surface area contributed by atoms with Crippen LogP contribution < -0.4 is 5.32 Å². The number of aliphatic hydroxyl groups excluding tert-OH is 1. The van der Waals surface area contributed by atoms with Crippen molar-refractivity contribution in [2.45, 2.75) is 63.8 Å². The van der Waals surface area contributed by atoms with Crippen LogP contribution in [0, 0.1) is 17.3 Å². The van der Waals surface area contributed by atoms with E-state index >= 15 is 0 Å². The second-order valence-electron chi connectivity index (χ2n) is 6.80. The van der Waals surface area contributed by atoms with E-state index < -0.39 is 0 Å². The fraction of sp³-hybridized carbons (Fsp3) is 1.00. The van der Waals surface area contributed by atoms with E-state index in [4.69, 9.17) is 0 Å². The number of rotatable bonds is 4. The summed E-state index contributed by atoms with van der Waals surface area (Å²) < 4.78 is 0. The van der Waals surface area contributed by atoms with Crippen molar-refractivity contribution in [1.82, 2.24) is 5.32 Å². The number of nitrogens with one attached hydrogen (secondary N) is 1. The van der Waals surface area contributed by atoms with Gasteiger partial charge in [-0.25, -0.2) is 0 Å². The fourth-order valence-electron chi connectivity index (χ4n) is 4.20. The largest absolute Gasteiger partial charge is 0.396 e. The van der Waals surface area contributed by atoms with E-state index in [0.717, 1.165) is 24.4 Å². The molecule has 2 N–H and O–H groups in total. The van der Waals surface area contributed by atoms with E-state index in [1.54, 1.807) is 0 Å². The molecule has 0 radical (unpaired) electrons. The zero-order chi connectivity index (χ0) is 11.7. The molecule has 2 nitrogen and oxygen atoms in total. The van der Waals surface area contributed by atoms with E-state index in [9.17, 15) is 5.11 Å². The van der Waals surface area contributed by atoms with Crippen molar-refractivity contribution < 1.29 is 5.11 Å². The van der Waals surface area contributed by atoms with E-state index in [0.29, 0.717) is 6.61 Å². The molecule has 0 saturated heterocycles. The van der Waals surface area contributed by atoms with E-state index in [1.165, 1.54) is 57.8 Å². The van der Waals surface area contributed by atoms with Gasteiger partial charge >= 0.3 is 0 Å². The second-order valence-corrected chi connectivity index (χ2v) is 6.80. The average Bonchev–Trinajstić information content (AvgIpc) is 3.17. The molecule has 0 spiro atoms. The number of hydrogen-bond donors (Lipinski definition) is 2. The molecule has 0 amide bonds. The van der Waals surface area contributed by atoms with Crippen molar-refractivity contribution in [2.75, 3.05) is 13.2 Å². The summed E-state index contributed by atoms with van der Waals surface area (Å²) in [5, 5.41) is 13.5. The molecule has 2 heteroatoms. The normalized spacial score (nSPS) is 39.7. The molecular formula is C15H27NO. The quantitative estimate of drug-likeness (QED) is 0.788. The van der Waals surface area contributed by atoms with Crippen LogP contribution in [0.15, 0.2) is 0 Å². The van der Waals surface area contributed by atoms with Crippen molar-refractivity contribution >= 4 is 0 Å². The highest BCUT2D eigenvalue weighted by molar-refractivity contribution is 4.99.